The SMILES string of the molecule is C[C@H]1CN([C@@H](C)CO)C(=O)c2cccc(NC(=O)Nc3ccc4c(c3)OCO4)c2O[C@@H]1CN(C)Cc1ccc(-c2ccccc2)cc1. The van der Waals surface area contributed by atoms with Crippen LogP contribution in [0.2, 0.25) is 0 Å². The van der Waals surface area contributed by atoms with E-state index in [-0.39, 0.29) is 31.3 Å². The molecule has 10 heteroatoms. The summed E-state index contributed by atoms with van der Waals surface area (Å²) < 4.78 is 17.5. The molecule has 0 bridgehead atoms. The number of amides is 3. The number of hydrogen-bond donors (Lipinski definition) is 3. The number of likely N-dealkylation sites (N-methyl/N-ethyl adjacent to an activating group) is 1. The Morgan fingerprint density at radius 3 is 2.47 bits per heavy atom. The van der Waals surface area contributed by atoms with Gasteiger partial charge in [0, 0.05) is 37.3 Å². The van der Waals surface area contributed by atoms with Crippen molar-refractivity contribution in [1.29, 1.82) is 0 Å². The maximum Gasteiger partial charge on any atom is 0.323 e. The minimum absolute atomic E-state index is 0.0838. The van der Waals surface area contributed by atoms with Crippen LogP contribution in [0.5, 0.6) is 17.2 Å². The summed E-state index contributed by atoms with van der Waals surface area (Å²) >= 11 is 0. The van der Waals surface area contributed by atoms with Crippen molar-refractivity contribution in [2.24, 2.45) is 5.92 Å². The van der Waals surface area contributed by atoms with Gasteiger partial charge in [-0.05, 0) is 54.9 Å². The van der Waals surface area contributed by atoms with Crippen LogP contribution in [0.4, 0.5) is 16.2 Å². The fourth-order valence-corrected chi connectivity index (χ4v) is 5.94. The molecular weight excluding hydrogens is 596 g/mol. The van der Waals surface area contributed by atoms with Crippen molar-refractivity contribution in [2.45, 2.75) is 32.5 Å². The summed E-state index contributed by atoms with van der Waals surface area (Å²) in [5, 5.41) is 15.7. The second-order valence-electron chi connectivity index (χ2n) is 12.2. The molecule has 0 aliphatic carbocycles. The lowest BCUT2D eigenvalue weighted by Gasteiger charge is -2.38. The zero-order valence-corrected chi connectivity index (χ0v) is 26.8. The van der Waals surface area contributed by atoms with E-state index in [1.54, 1.807) is 41.3 Å². The van der Waals surface area contributed by atoms with Gasteiger partial charge in [-0.3, -0.25) is 9.69 Å². The van der Waals surface area contributed by atoms with Crippen molar-refractivity contribution < 1.29 is 28.9 Å². The first-order chi connectivity index (χ1) is 22.8. The molecule has 10 nitrogen and oxygen atoms in total. The number of urea groups is 1. The average molecular weight is 637 g/mol. The Morgan fingerprint density at radius 2 is 1.70 bits per heavy atom. The number of benzene rings is 4. The number of para-hydroxylation sites is 1. The highest BCUT2D eigenvalue weighted by molar-refractivity contribution is 6.04. The van der Waals surface area contributed by atoms with Crippen LogP contribution in [0.25, 0.3) is 11.1 Å². The Bertz CT molecular complexity index is 1710. The van der Waals surface area contributed by atoms with E-state index in [1.165, 1.54) is 11.1 Å². The molecule has 244 valence electrons. The van der Waals surface area contributed by atoms with Crippen LogP contribution in [0.3, 0.4) is 0 Å². The van der Waals surface area contributed by atoms with Gasteiger partial charge in [0.2, 0.25) is 6.79 Å². The number of nitrogens with one attached hydrogen (secondary N) is 2. The van der Waals surface area contributed by atoms with Gasteiger partial charge in [0.05, 0.1) is 23.9 Å². The molecule has 6 rings (SSSR count). The number of anilines is 2. The molecule has 2 heterocycles. The third-order valence-corrected chi connectivity index (χ3v) is 8.57. The molecule has 3 atom stereocenters. The van der Waals surface area contributed by atoms with E-state index < -0.39 is 12.1 Å². The molecule has 3 amide bonds. The van der Waals surface area contributed by atoms with Crippen LogP contribution in [0.15, 0.2) is 91.0 Å². The topological polar surface area (TPSA) is 113 Å². The van der Waals surface area contributed by atoms with Crippen LogP contribution in [-0.4, -0.2) is 72.5 Å². The molecule has 2 aliphatic heterocycles. The molecule has 2 aliphatic rings. The van der Waals surface area contributed by atoms with Gasteiger partial charge in [0.1, 0.15) is 6.10 Å². The molecule has 0 fully saturated rings. The fraction of sp³-hybridized carbons (Fsp3) is 0.297. The second-order valence-corrected chi connectivity index (χ2v) is 12.2. The Morgan fingerprint density at radius 1 is 0.957 bits per heavy atom. The van der Waals surface area contributed by atoms with E-state index in [9.17, 15) is 14.7 Å². The zero-order valence-electron chi connectivity index (χ0n) is 26.8. The van der Waals surface area contributed by atoms with Crippen LogP contribution in [0.1, 0.15) is 29.8 Å². The number of carbonyl (C=O) groups is 2. The summed E-state index contributed by atoms with van der Waals surface area (Å²) in [4.78, 5) is 30.9. The van der Waals surface area contributed by atoms with Crippen molar-refractivity contribution in [3.8, 4) is 28.4 Å². The predicted molar refractivity (Wildman–Crippen MR) is 181 cm³/mol. The number of aliphatic hydroxyl groups excluding tert-OH is 1. The molecule has 0 spiro atoms. The molecule has 3 N–H and O–H groups in total. The summed E-state index contributed by atoms with van der Waals surface area (Å²) in [5.41, 5.74) is 4.71. The maximum absolute atomic E-state index is 13.8. The van der Waals surface area contributed by atoms with Crippen molar-refractivity contribution in [2.75, 3.05) is 44.2 Å². The lowest BCUT2D eigenvalue weighted by atomic mass is 9.98. The first-order valence-corrected chi connectivity index (χ1v) is 15.8. The minimum atomic E-state index is -0.503. The van der Waals surface area contributed by atoms with Gasteiger partial charge >= 0.3 is 6.03 Å². The van der Waals surface area contributed by atoms with Gasteiger partial charge in [-0.25, -0.2) is 4.79 Å². The number of nitrogens with zero attached hydrogens (tertiary/aromatic N) is 2. The van der Waals surface area contributed by atoms with E-state index in [1.807, 2.05) is 39.1 Å². The van der Waals surface area contributed by atoms with Crippen LogP contribution < -0.4 is 24.8 Å². The van der Waals surface area contributed by atoms with Crippen LogP contribution >= 0.6 is 0 Å². The van der Waals surface area contributed by atoms with Crippen LogP contribution in [0, 0.1) is 5.92 Å². The van der Waals surface area contributed by atoms with Crippen LogP contribution in [-0.2, 0) is 6.54 Å². The maximum atomic E-state index is 13.8. The smallest absolute Gasteiger partial charge is 0.323 e. The monoisotopic (exact) mass is 636 g/mol. The number of carbonyl (C=O) groups excluding carboxylic acids is 2. The summed E-state index contributed by atoms with van der Waals surface area (Å²) in [5.74, 6) is 1.11. The van der Waals surface area contributed by atoms with Crippen molar-refractivity contribution in [3.05, 3.63) is 102 Å². The average Bonchev–Trinajstić information content (AvgIpc) is 3.55. The summed E-state index contributed by atoms with van der Waals surface area (Å²) in [6, 6.07) is 28.2. The summed E-state index contributed by atoms with van der Waals surface area (Å²) in [6.45, 7) is 5.50. The standard InChI is InChI=1S/C37H40N4O6/c1-24-19-41(25(2)22-42)36(43)30-10-7-11-31(39-37(44)38-29-16-17-32-33(18-29)46-23-45-32)35(30)47-34(24)21-40(3)20-26-12-14-28(15-13-26)27-8-5-4-6-9-27/h4-18,24-25,34,42H,19-23H2,1-3H3,(H2,38,39,44)/t24-,25-,34+/m0/s1. The molecule has 0 radical (unpaired) electrons. The lowest BCUT2D eigenvalue weighted by molar-refractivity contribution is 0.0343. The molecule has 47 heavy (non-hydrogen) atoms. The van der Waals surface area contributed by atoms with Gasteiger partial charge in [-0.1, -0.05) is 67.6 Å². The Hall–Kier alpha value is -5.06. The van der Waals surface area contributed by atoms with E-state index in [0.29, 0.717) is 53.8 Å². The van der Waals surface area contributed by atoms with Crippen molar-refractivity contribution >= 4 is 23.3 Å². The van der Waals surface area contributed by atoms with Gasteiger partial charge in [0.15, 0.2) is 17.2 Å². The van der Waals surface area contributed by atoms with Gasteiger partial charge in [-0.2, -0.15) is 0 Å². The first-order valence-electron chi connectivity index (χ1n) is 15.8. The highest BCUT2D eigenvalue weighted by atomic mass is 16.7. The Balaban J connectivity index is 1.22. The Labute approximate surface area is 274 Å². The zero-order chi connectivity index (χ0) is 32.9. The van der Waals surface area contributed by atoms with Gasteiger partial charge in [0.25, 0.3) is 5.91 Å². The van der Waals surface area contributed by atoms with E-state index >= 15 is 0 Å². The minimum Gasteiger partial charge on any atom is -0.486 e. The Kier molecular flexibility index (Phi) is 9.60. The quantitative estimate of drug-likeness (QED) is 0.204. The molecule has 0 saturated carbocycles. The first kappa shape index (κ1) is 31.9. The second kappa shape index (κ2) is 14.1. The van der Waals surface area contributed by atoms with E-state index in [2.05, 4.69) is 51.9 Å². The number of aliphatic hydroxyl groups is 1. The lowest BCUT2D eigenvalue weighted by Crippen LogP contribution is -2.49. The number of ether oxygens (including phenoxy) is 3. The highest BCUT2D eigenvalue weighted by Gasteiger charge is 2.34. The van der Waals surface area contributed by atoms with E-state index in [4.69, 9.17) is 14.2 Å². The third-order valence-electron chi connectivity index (χ3n) is 8.57. The number of fused-ring (bicyclic) bond motifs is 2. The van der Waals surface area contributed by atoms with Gasteiger partial charge < -0.3 is 34.9 Å². The molecular formula is C37H40N4O6. The predicted octanol–water partition coefficient (Wildman–Crippen LogP) is 6.08. The van der Waals surface area contributed by atoms with Crippen molar-refractivity contribution in [3.63, 3.8) is 0 Å². The third kappa shape index (κ3) is 7.34. The van der Waals surface area contributed by atoms with Gasteiger partial charge in [-0.15, -0.1) is 0 Å². The summed E-state index contributed by atoms with van der Waals surface area (Å²) in [6.07, 6.45) is -0.330. The highest BCUT2D eigenvalue weighted by Crippen LogP contribution is 2.36. The van der Waals surface area contributed by atoms with Crippen molar-refractivity contribution in [1.82, 2.24) is 9.80 Å². The summed E-state index contributed by atoms with van der Waals surface area (Å²) in [7, 11) is 2.04. The fourth-order valence-electron chi connectivity index (χ4n) is 5.94. The molecule has 0 aromatic heterocycles. The number of hydrogen-bond acceptors (Lipinski definition) is 7. The normalized spacial score (nSPS) is 17.7. The number of rotatable bonds is 9. The molecule has 0 saturated heterocycles. The molecule has 0 unspecified atom stereocenters. The van der Waals surface area contributed by atoms with E-state index in [0.717, 1.165) is 5.56 Å². The largest absolute Gasteiger partial charge is 0.486 e. The molecule has 4 aromatic carbocycles. The molecule has 4 aromatic rings.